The molecule has 102 valence electrons. The summed E-state index contributed by atoms with van der Waals surface area (Å²) in [4.78, 5) is 24.8. The Balaban J connectivity index is 2.02. The molecule has 0 atom stereocenters. The molecule has 0 saturated carbocycles. The van der Waals surface area contributed by atoms with Crippen molar-refractivity contribution in [1.82, 2.24) is 4.90 Å². The van der Waals surface area contributed by atoms with E-state index in [2.05, 4.69) is 10.2 Å². The van der Waals surface area contributed by atoms with Gasteiger partial charge in [0.1, 0.15) is 0 Å². The summed E-state index contributed by atoms with van der Waals surface area (Å²) in [5.41, 5.74) is 0.437. The van der Waals surface area contributed by atoms with Crippen LogP contribution in [0, 0.1) is 0 Å². The molecule has 6 heteroatoms. The summed E-state index contributed by atoms with van der Waals surface area (Å²) in [7, 11) is 0. The third-order valence-electron chi connectivity index (χ3n) is 3.05. The molecule has 0 spiro atoms. The molecular formula is C13H15ClN2O3. The highest BCUT2D eigenvalue weighted by molar-refractivity contribution is 6.33. The minimum absolute atomic E-state index is 0.0980. The number of carboxylic acid groups (broad SMARTS) is 1. The first kappa shape index (κ1) is 13.8. The summed E-state index contributed by atoms with van der Waals surface area (Å²) >= 11 is 5.94. The molecule has 2 N–H and O–H groups in total. The van der Waals surface area contributed by atoms with Gasteiger partial charge in [0, 0.05) is 0 Å². The third kappa shape index (κ3) is 3.68. The van der Waals surface area contributed by atoms with Gasteiger partial charge in [0.25, 0.3) is 0 Å². The van der Waals surface area contributed by atoms with Crippen molar-refractivity contribution in [2.24, 2.45) is 0 Å². The second-order valence-electron chi connectivity index (χ2n) is 4.53. The highest BCUT2D eigenvalue weighted by Crippen LogP contribution is 2.23. The summed E-state index contributed by atoms with van der Waals surface area (Å²) in [5.74, 6) is -1.22. The Morgan fingerprint density at radius 3 is 2.63 bits per heavy atom. The standard InChI is InChI=1S/C13H15ClN2O3/c14-10-4-3-9(13(18)19)7-11(10)15-12(17)8-16-5-1-2-6-16/h3-4,7H,1-2,5-6,8H2,(H,15,17)(H,18,19). The maximum atomic E-state index is 11.8. The van der Waals surface area contributed by atoms with Gasteiger partial charge < -0.3 is 10.4 Å². The molecule has 1 saturated heterocycles. The molecule has 1 amide bonds. The molecule has 1 heterocycles. The highest BCUT2D eigenvalue weighted by Gasteiger charge is 2.16. The summed E-state index contributed by atoms with van der Waals surface area (Å²) in [6.45, 7) is 2.17. The van der Waals surface area contributed by atoms with Crippen molar-refractivity contribution in [3.8, 4) is 0 Å². The van der Waals surface area contributed by atoms with Crippen LogP contribution in [-0.4, -0.2) is 41.5 Å². The van der Waals surface area contributed by atoms with Gasteiger partial charge in [0.15, 0.2) is 0 Å². The van der Waals surface area contributed by atoms with E-state index in [0.29, 0.717) is 17.3 Å². The Hall–Kier alpha value is -1.59. The van der Waals surface area contributed by atoms with Crippen molar-refractivity contribution in [2.75, 3.05) is 25.0 Å². The molecule has 0 aliphatic carbocycles. The monoisotopic (exact) mass is 282 g/mol. The van der Waals surface area contributed by atoms with Crippen molar-refractivity contribution < 1.29 is 14.7 Å². The van der Waals surface area contributed by atoms with E-state index in [-0.39, 0.29) is 11.5 Å². The number of halogens is 1. The zero-order valence-electron chi connectivity index (χ0n) is 10.4. The maximum Gasteiger partial charge on any atom is 0.335 e. The van der Waals surface area contributed by atoms with E-state index >= 15 is 0 Å². The molecule has 19 heavy (non-hydrogen) atoms. The maximum absolute atomic E-state index is 11.8. The lowest BCUT2D eigenvalue weighted by Gasteiger charge is -2.14. The van der Waals surface area contributed by atoms with Crippen LogP contribution in [0.1, 0.15) is 23.2 Å². The number of carbonyl (C=O) groups excluding carboxylic acids is 1. The molecule has 5 nitrogen and oxygen atoms in total. The fourth-order valence-electron chi connectivity index (χ4n) is 2.09. The lowest BCUT2D eigenvalue weighted by molar-refractivity contribution is -0.117. The largest absolute Gasteiger partial charge is 0.478 e. The fraction of sp³-hybridized carbons (Fsp3) is 0.385. The van der Waals surface area contributed by atoms with E-state index in [1.54, 1.807) is 0 Å². The van der Waals surface area contributed by atoms with E-state index in [1.807, 2.05) is 0 Å². The fourth-order valence-corrected chi connectivity index (χ4v) is 2.25. The topological polar surface area (TPSA) is 69.6 Å². The highest BCUT2D eigenvalue weighted by atomic mass is 35.5. The third-order valence-corrected chi connectivity index (χ3v) is 3.38. The molecule has 1 aromatic carbocycles. The smallest absolute Gasteiger partial charge is 0.335 e. The summed E-state index contributed by atoms with van der Waals surface area (Å²) in [5, 5.41) is 11.9. The van der Waals surface area contributed by atoms with Crippen LogP contribution >= 0.6 is 11.6 Å². The average molecular weight is 283 g/mol. The van der Waals surface area contributed by atoms with Crippen molar-refractivity contribution in [2.45, 2.75) is 12.8 Å². The van der Waals surface area contributed by atoms with Crippen molar-refractivity contribution >= 4 is 29.2 Å². The van der Waals surface area contributed by atoms with Gasteiger partial charge in [0.2, 0.25) is 5.91 Å². The van der Waals surface area contributed by atoms with Gasteiger partial charge in [-0.15, -0.1) is 0 Å². The van der Waals surface area contributed by atoms with Crippen molar-refractivity contribution in [3.05, 3.63) is 28.8 Å². The minimum Gasteiger partial charge on any atom is -0.478 e. The molecule has 1 aromatic rings. The van der Waals surface area contributed by atoms with Crippen LogP contribution in [0.5, 0.6) is 0 Å². The number of carbonyl (C=O) groups is 2. The number of nitrogens with one attached hydrogen (secondary N) is 1. The molecule has 2 rings (SSSR count). The zero-order chi connectivity index (χ0) is 13.8. The molecule has 1 aliphatic heterocycles. The van der Waals surface area contributed by atoms with Crippen LogP contribution in [0.15, 0.2) is 18.2 Å². The first-order valence-corrected chi connectivity index (χ1v) is 6.49. The van der Waals surface area contributed by atoms with E-state index in [1.165, 1.54) is 18.2 Å². The Labute approximate surface area is 116 Å². The first-order valence-electron chi connectivity index (χ1n) is 6.11. The van der Waals surface area contributed by atoms with Crippen LogP contribution < -0.4 is 5.32 Å². The van der Waals surface area contributed by atoms with Gasteiger partial charge in [0.05, 0.1) is 22.8 Å². The van der Waals surface area contributed by atoms with Crippen molar-refractivity contribution in [3.63, 3.8) is 0 Å². The number of nitrogens with zero attached hydrogens (tertiary/aromatic N) is 1. The number of anilines is 1. The Kier molecular flexibility index (Phi) is 4.39. The van der Waals surface area contributed by atoms with Gasteiger partial charge in [-0.1, -0.05) is 11.6 Å². The number of amides is 1. The Morgan fingerprint density at radius 1 is 1.32 bits per heavy atom. The number of hydrogen-bond acceptors (Lipinski definition) is 3. The SMILES string of the molecule is O=C(CN1CCCC1)Nc1cc(C(=O)O)ccc1Cl. The average Bonchev–Trinajstić information content (AvgIpc) is 2.84. The summed E-state index contributed by atoms with van der Waals surface area (Å²) < 4.78 is 0. The quantitative estimate of drug-likeness (QED) is 0.887. The van der Waals surface area contributed by atoms with Crippen LogP contribution in [0.3, 0.4) is 0 Å². The van der Waals surface area contributed by atoms with E-state index in [9.17, 15) is 9.59 Å². The molecule has 0 bridgehead atoms. The van der Waals surface area contributed by atoms with E-state index in [4.69, 9.17) is 16.7 Å². The normalized spacial score (nSPS) is 15.4. The Bertz CT molecular complexity index is 499. The molecule has 1 fully saturated rings. The number of aromatic carboxylic acids is 1. The summed E-state index contributed by atoms with van der Waals surface area (Å²) in [6.07, 6.45) is 2.23. The number of hydrogen-bond donors (Lipinski definition) is 2. The predicted molar refractivity (Wildman–Crippen MR) is 72.7 cm³/mol. The second-order valence-corrected chi connectivity index (χ2v) is 4.94. The van der Waals surface area contributed by atoms with Crippen LogP contribution in [0.4, 0.5) is 5.69 Å². The molecule has 0 radical (unpaired) electrons. The Morgan fingerprint density at radius 2 is 2.00 bits per heavy atom. The number of likely N-dealkylation sites (tertiary alicyclic amines) is 1. The van der Waals surface area contributed by atoms with Crippen LogP contribution in [-0.2, 0) is 4.79 Å². The van der Waals surface area contributed by atoms with Crippen molar-refractivity contribution in [1.29, 1.82) is 0 Å². The second kappa shape index (κ2) is 6.04. The molecule has 1 aliphatic rings. The van der Waals surface area contributed by atoms with Gasteiger partial charge in [-0.2, -0.15) is 0 Å². The number of carboxylic acids is 1. The predicted octanol–water partition coefficient (Wildman–Crippen LogP) is 2.07. The van der Waals surface area contributed by atoms with Crippen LogP contribution in [0.25, 0.3) is 0 Å². The minimum atomic E-state index is -1.05. The summed E-state index contributed by atoms with van der Waals surface area (Å²) in [6, 6.07) is 4.24. The number of rotatable bonds is 4. The van der Waals surface area contributed by atoms with Gasteiger partial charge in [-0.3, -0.25) is 9.69 Å². The van der Waals surface area contributed by atoms with Gasteiger partial charge >= 0.3 is 5.97 Å². The first-order chi connectivity index (χ1) is 9.06. The molecule has 0 unspecified atom stereocenters. The van der Waals surface area contributed by atoms with E-state index < -0.39 is 5.97 Å². The van der Waals surface area contributed by atoms with Crippen LogP contribution in [0.2, 0.25) is 5.02 Å². The lowest BCUT2D eigenvalue weighted by Crippen LogP contribution is -2.31. The lowest BCUT2D eigenvalue weighted by atomic mass is 10.2. The molecular weight excluding hydrogens is 268 g/mol. The number of benzene rings is 1. The van der Waals surface area contributed by atoms with Gasteiger partial charge in [-0.05, 0) is 44.1 Å². The zero-order valence-corrected chi connectivity index (χ0v) is 11.1. The molecule has 0 aromatic heterocycles. The van der Waals surface area contributed by atoms with E-state index in [0.717, 1.165) is 25.9 Å². The van der Waals surface area contributed by atoms with Gasteiger partial charge in [-0.25, -0.2) is 4.79 Å².